The molecule has 3 N–H and O–H groups in total. The van der Waals surface area contributed by atoms with Crippen molar-refractivity contribution in [1.29, 1.82) is 0 Å². The zero-order valence-corrected chi connectivity index (χ0v) is 14.4. The maximum Gasteiger partial charge on any atom is 0.225 e. The molecule has 0 bridgehead atoms. The second-order valence-corrected chi connectivity index (χ2v) is 7.03. The minimum Gasteiger partial charge on any atom is -0.349 e. The second-order valence-electron chi connectivity index (χ2n) is 6.59. The highest BCUT2D eigenvalue weighted by molar-refractivity contribution is 6.30. The van der Waals surface area contributed by atoms with E-state index in [0.29, 0.717) is 18.1 Å². The third-order valence-corrected chi connectivity index (χ3v) is 4.68. The highest BCUT2D eigenvalue weighted by Crippen LogP contribution is 2.30. The van der Waals surface area contributed by atoms with Crippen molar-refractivity contribution in [3.8, 4) is 0 Å². The fraction of sp³-hybridized carbons (Fsp3) is 0.529. The number of benzene rings is 1. The first kappa shape index (κ1) is 17.8. The molecule has 1 aromatic rings. The average molecular weight is 338 g/mol. The minimum atomic E-state index is -0.345. The summed E-state index contributed by atoms with van der Waals surface area (Å²) in [6.45, 7) is 5.53. The summed E-state index contributed by atoms with van der Waals surface area (Å²) in [5, 5.41) is 3.48. The first-order valence-corrected chi connectivity index (χ1v) is 8.21. The maximum atomic E-state index is 12.6. The van der Waals surface area contributed by atoms with Gasteiger partial charge in [-0.2, -0.15) is 0 Å². The monoisotopic (exact) mass is 337 g/mol. The molecule has 1 aliphatic heterocycles. The molecule has 0 aliphatic carbocycles. The van der Waals surface area contributed by atoms with Crippen molar-refractivity contribution in [2.45, 2.75) is 32.7 Å². The van der Waals surface area contributed by atoms with Crippen LogP contribution in [0, 0.1) is 5.41 Å². The van der Waals surface area contributed by atoms with Crippen LogP contribution in [0.3, 0.4) is 0 Å². The topological polar surface area (TPSA) is 75.4 Å². The highest BCUT2D eigenvalue weighted by Gasteiger charge is 2.35. The number of likely N-dealkylation sites (tertiary alicyclic amines) is 1. The van der Waals surface area contributed by atoms with Gasteiger partial charge in [-0.15, -0.1) is 0 Å². The molecular weight excluding hydrogens is 314 g/mol. The summed E-state index contributed by atoms with van der Waals surface area (Å²) >= 11 is 5.90. The molecule has 0 aromatic heterocycles. The molecule has 0 saturated carbocycles. The molecule has 0 spiro atoms. The van der Waals surface area contributed by atoms with Gasteiger partial charge in [0.2, 0.25) is 11.8 Å². The van der Waals surface area contributed by atoms with E-state index in [-0.39, 0.29) is 29.7 Å². The van der Waals surface area contributed by atoms with Gasteiger partial charge in [-0.3, -0.25) is 9.59 Å². The number of nitrogens with zero attached hydrogens (tertiary/aromatic N) is 1. The fourth-order valence-electron chi connectivity index (χ4n) is 2.90. The largest absolute Gasteiger partial charge is 0.349 e. The van der Waals surface area contributed by atoms with Crippen molar-refractivity contribution in [3.63, 3.8) is 0 Å². The van der Waals surface area contributed by atoms with Gasteiger partial charge < -0.3 is 16.0 Å². The molecule has 1 saturated heterocycles. The summed E-state index contributed by atoms with van der Waals surface area (Å²) in [7, 11) is 0. The average Bonchev–Trinajstić information content (AvgIpc) is 2.90. The van der Waals surface area contributed by atoms with Gasteiger partial charge >= 0.3 is 0 Å². The van der Waals surface area contributed by atoms with E-state index in [1.54, 1.807) is 12.1 Å². The van der Waals surface area contributed by atoms with Crippen molar-refractivity contribution >= 4 is 23.4 Å². The van der Waals surface area contributed by atoms with Crippen LogP contribution in [0.25, 0.3) is 0 Å². The Morgan fingerprint density at radius 3 is 2.57 bits per heavy atom. The molecule has 2 unspecified atom stereocenters. The molecule has 2 rings (SSSR count). The molecule has 23 heavy (non-hydrogen) atoms. The van der Waals surface area contributed by atoms with E-state index < -0.39 is 0 Å². The van der Waals surface area contributed by atoms with Crippen LogP contribution in [0.15, 0.2) is 24.3 Å². The van der Waals surface area contributed by atoms with Gasteiger partial charge in [0.15, 0.2) is 0 Å². The van der Waals surface area contributed by atoms with Crippen molar-refractivity contribution in [1.82, 2.24) is 10.2 Å². The summed E-state index contributed by atoms with van der Waals surface area (Å²) in [5.74, 6) is -0.123. The van der Waals surface area contributed by atoms with Crippen LogP contribution in [0.5, 0.6) is 0 Å². The number of rotatable bonds is 5. The molecule has 0 radical (unpaired) electrons. The number of hydrogen-bond donors (Lipinski definition) is 2. The second kappa shape index (κ2) is 7.32. The van der Waals surface area contributed by atoms with Crippen LogP contribution >= 0.6 is 11.6 Å². The Balaban J connectivity index is 2.07. The lowest BCUT2D eigenvalue weighted by molar-refractivity contribution is -0.131. The fourth-order valence-corrected chi connectivity index (χ4v) is 3.03. The molecule has 6 heteroatoms. The number of halogens is 1. The number of amides is 2. The van der Waals surface area contributed by atoms with E-state index in [1.807, 2.05) is 17.0 Å². The van der Waals surface area contributed by atoms with Crippen molar-refractivity contribution in [2.24, 2.45) is 11.1 Å². The summed E-state index contributed by atoms with van der Waals surface area (Å²) in [6.07, 6.45) is 1.16. The van der Waals surface area contributed by atoms with E-state index in [4.69, 9.17) is 17.3 Å². The zero-order valence-electron chi connectivity index (χ0n) is 13.6. The lowest BCUT2D eigenvalue weighted by Crippen LogP contribution is -2.37. The lowest BCUT2D eigenvalue weighted by atomic mass is 9.90. The van der Waals surface area contributed by atoms with Crippen LogP contribution in [0.4, 0.5) is 0 Å². The van der Waals surface area contributed by atoms with Crippen molar-refractivity contribution in [2.75, 3.05) is 19.6 Å². The van der Waals surface area contributed by atoms with Gasteiger partial charge in [0.05, 0.1) is 12.5 Å². The molecule has 1 fully saturated rings. The van der Waals surface area contributed by atoms with Crippen LogP contribution in [0.2, 0.25) is 5.02 Å². The van der Waals surface area contributed by atoms with Gasteiger partial charge in [-0.25, -0.2) is 0 Å². The Bertz CT molecular complexity index is 576. The predicted octanol–water partition coefficient (Wildman–Crippen LogP) is 2.10. The third-order valence-electron chi connectivity index (χ3n) is 4.43. The molecule has 2 atom stereocenters. The first-order chi connectivity index (χ1) is 10.8. The number of carbonyl (C=O) groups excluding carboxylic acids is 2. The van der Waals surface area contributed by atoms with E-state index in [2.05, 4.69) is 12.2 Å². The Morgan fingerprint density at radius 2 is 2.04 bits per heavy atom. The Kier molecular flexibility index (Phi) is 5.65. The molecule has 1 aromatic carbocycles. The van der Waals surface area contributed by atoms with Crippen LogP contribution in [0.1, 0.15) is 38.3 Å². The van der Waals surface area contributed by atoms with Gasteiger partial charge in [0, 0.05) is 25.0 Å². The third kappa shape index (κ3) is 4.69. The van der Waals surface area contributed by atoms with Crippen LogP contribution < -0.4 is 11.1 Å². The van der Waals surface area contributed by atoms with Gasteiger partial charge in [0.25, 0.3) is 0 Å². The Morgan fingerprint density at radius 1 is 1.39 bits per heavy atom. The van der Waals surface area contributed by atoms with E-state index >= 15 is 0 Å². The van der Waals surface area contributed by atoms with E-state index in [0.717, 1.165) is 18.5 Å². The van der Waals surface area contributed by atoms with Gasteiger partial charge in [0.1, 0.15) is 0 Å². The number of nitrogens with one attached hydrogen (secondary N) is 1. The van der Waals surface area contributed by atoms with Gasteiger partial charge in [-0.05, 0) is 36.1 Å². The smallest absolute Gasteiger partial charge is 0.225 e. The summed E-state index contributed by atoms with van der Waals surface area (Å²) in [6, 6.07) is 6.85. The van der Waals surface area contributed by atoms with E-state index in [1.165, 1.54) is 6.92 Å². The minimum absolute atomic E-state index is 0.000562. The predicted molar refractivity (Wildman–Crippen MR) is 91.0 cm³/mol. The highest BCUT2D eigenvalue weighted by atomic mass is 35.5. The molecule has 1 aliphatic rings. The summed E-state index contributed by atoms with van der Waals surface area (Å²) < 4.78 is 0. The number of hydrogen-bond acceptors (Lipinski definition) is 3. The normalized spacial score (nSPS) is 22.0. The Labute approximate surface area is 142 Å². The molecule has 126 valence electrons. The first-order valence-electron chi connectivity index (χ1n) is 7.83. The molecule has 2 amide bonds. The zero-order chi connectivity index (χ0) is 17.0. The SMILES string of the molecule is CC(=O)NC(CC(=O)N1CCC(C)(CN)C1)c1ccc(Cl)cc1. The molecule has 5 nitrogen and oxygen atoms in total. The number of nitrogens with two attached hydrogens (primary N) is 1. The van der Waals surface area contributed by atoms with Crippen LogP contribution in [-0.2, 0) is 9.59 Å². The lowest BCUT2D eigenvalue weighted by Gasteiger charge is -2.25. The maximum absolute atomic E-state index is 12.6. The summed E-state index contributed by atoms with van der Waals surface area (Å²) in [4.78, 5) is 25.9. The van der Waals surface area contributed by atoms with E-state index in [9.17, 15) is 9.59 Å². The molecular formula is C17H24ClN3O2. The van der Waals surface area contributed by atoms with Crippen molar-refractivity contribution in [3.05, 3.63) is 34.9 Å². The Hall–Kier alpha value is -1.59. The molecule has 1 heterocycles. The standard InChI is InChI=1S/C17H24ClN3O2/c1-12(22)20-15(13-3-5-14(18)6-4-13)9-16(23)21-8-7-17(2,10-19)11-21/h3-6,15H,7-11,19H2,1-2H3,(H,20,22). The van der Waals surface area contributed by atoms with Crippen molar-refractivity contribution < 1.29 is 9.59 Å². The van der Waals surface area contributed by atoms with Gasteiger partial charge in [-0.1, -0.05) is 30.7 Å². The van der Waals surface area contributed by atoms with Crippen LogP contribution in [-0.4, -0.2) is 36.3 Å². The quantitative estimate of drug-likeness (QED) is 0.864. The number of carbonyl (C=O) groups is 2. The summed E-state index contributed by atoms with van der Waals surface area (Å²) in [5.41, 5.74) is 6.67.